The van der Waals surface area contributed by atoms with E-state index < -0.39 is 0 Å². The minimum Gasteiger partial charge on any atom is -0.346 e. The van der Waals surface area contributed by atoms with Crippen LogP contribution in [0.5, 0.6) is 0 Å². The molecule has 0 aromatic carbocycles. The van der Waals surface area contributed by atoms with Gasteiger partial charge in [-0.2, -0.15) is 0 Å². The lowest BCUT2D eigenvalue weighted by molar-refractivity contribution is 0.0943. The molecule has 1 aliphatic rings. The molecule has 0 radical (unpaired) electrons. The van der Waals surface area contributed by atoms with Gasteiger partial charge in [0, 0.05) is 24.9 Å². The average molecular weight is 259 g/mol. The van der Waals surface area contributed by atoms with Crippen LogP contribution in [-0.2, 0) is 6.42 Å². The number of aromatic nitrogens is 2. The van der Waals surface area contributed by atoms with E-state index >= 15 is 0 Å². The van der Waals surface area contributed by atoms with Crippen molar-refractivity contribution < 1.29 is 4.79 Å². The molecule has 1 atom stereocenters. The average Bonchev–Trinajstić information content (AvgIpc) is 2.48. The van der Waals surface area contributed by atoms with E-state index in [1.165, 1.54) is 18.4 Å². The van der Waals surface area contributed by atoms with Crippen molar-refractivity contribution in [1.82, 2.24) is 15.3 Å². The lowest BCUT2D eigenvalue weighted by Crippen LogP contribution is -2.34. The highest BCUT2D eigenvalue weighted by molar-refractivity contribution is 5.93. The number of hydrogen-bond acceptors (Lipinski definition) is 3. The molecule has 1 aliphatic carbocycles. The summed E-state index contributed by atoms with van der Waals surface area (Å²) in [6.45, 7) is 4.03. The van der Waals surface area contributed by atoms with Gasteiger partial charge in [0.2, 0.25) is 0 Å². The van der Waals surface area contributed by atoms with Crippen LogP contribution >= 0.6 is 0 Å². The minimum atomic E-state index is -0.0957. The number of aryl methyl sites for hydroxylation is 1. The zero-order chi connectivity index (χ0) is 13.7. The van der Waals surface area contributed by atoms with Gasteiger partial charge in [-0.3, -0.25) is 4.79 Å². The van der Waals surface area contributed by atoms with Gasteiger partial charge in [0.15, 0.2) is 0 Å². The van der Waals surface area contributed by atoms with Crippen LogP contribution in [0.25, 0.3) is 0 Å². The second-order valence-electron chi connectivity index (χ2n) is 4.96. The number of amides is 1. The molecule has 1 aromatic rings. The van der Waals surface area contributed by atoms with Gasteiger partial charge in [-0.25, -0.2) is 9.97 Å². The maximum absolute atomic E-state index is 12.1. The molecule has 0 fully saturated rings. The Morgan fingerprint density at radius 2 is 2.11 bits per heavy atom. The third-order valence-corrected chi connectivity index (χ3v) is 3.51. The molecule has 4 nitrogen and oxygen atoms in total. The van der Waals surface area contributed by atoms with Crippen molar-refractivity contribution >= 4 is 5.91 Å². The van der Waals surface area contributed by atoms with Gasteiger partial charge in [-0.05, 0) is 32.6 Å². The molecule has 19 heavy (non-hydrogen) atoms. The lowest BCUT2D eigenvalue weighted by atomic mass is 9.94. The smallest absolute Gasteiger partial charge is 0.254 e. The van der Waals surface area contributed by atoms with Crippen molar-refractivity contribution in [1.29, 1.82) is 0 Å². The molecule has 4 heteroatoms. The number of allylic oxidation sites excluding steroid dienone is 1. The molecule has 1 heterocycles. The Balaban J connectivity index is 1.97. The normalized spacial score (nSPS) is 16.6. The molecule has 0 spiro atoms. The van der Waals surface area contributed by atoms with Gasteiger partial charge < -0.3 is 5.32 Å². The van der Waals surface area contributed by atoms with E-state index in [1.54, 1.807) is 12.4 Å². The fourth-order valence-electron chi connectivity index (χ4n) is 2.28. The molecular formula is C15H21N3O. The lowest BCUT2D eigenvalue weighted by Gasteiger charge is -2.20. The van der Waals surface area contributed by atoms with Crippen LogP contribution in [0, 0.1) is 0 Å². The molecule has 0 unspecified atom stereocenters. The standard InChI is InChI=1S/C15H21N3O/c1-3-14-16-9-13(10-17-14)15(19)18-11(2)12-7-5-4-6-8-12/h7,9-11H,3-6,8H2,1-2H3,(H,18,19)/t11-/m1/s1. The number of hydrogen-bond donors (Lipinski definition) is 1. The summed E-state index contributed by atoms with van der Waals surface area (Å²) in [5, 5.41) is 3.02. The molecule has 2 rings (SSSR count). The van der Waals surface area contributed by atoms with Gasteiger partial charge in [0.25, 0.3) is 5.91 Å². The zero-order valence-electron chi connectivity index (χ0n) is 11.6. The fraction of sp³-hybridized carbons (Fsp3) is 0.533. The van der Waals surface area contributed by atoms with E-state index in [0.29, 0.717) is 5.56 Å². The third kappa shape index (κ3) is 3.63. The van der Waals surface area contributed by atoms with E-state index in [4.69, 9.17) is 0 Å². The monoisotopic (exact) mass is 259 g/mol. The van der Waals surface area contributed by atoms with Gasteiger partial charge in [0.1, 0.15) is 5.82 Å². The SMILES string of the molecule is CCc1ncc(C(=O)N[C@H](C)C2=CCCCC2)cn1. The first-order chi connectivity index (χ1) is 9.20. The van der Waals surface area contributed by atoms with Crippen molar-refractivity contribution in [2.75, 3.05) is 0 Å². The predicted octanol–water partition coefficient (Wildman–Crippen LogP) is 2.66. The Hall–Kier alpha value is -1.71. The maximum Gasteiger partial charge on any atom is 0.254 e. The van der Waals surface area contributed by atoms with Crippen LogP contribution in [-0.4, -0.2) is 21.9 Å². The Morgan fingerprint density at radius 1 is 1.37 bits per heavy atom. The molecule has 0 saturated heterocycles. The van der Waals surface area contributed by atoms with Crippen molar-refractivity contribution in [3.05, 3.63) is 35.4 Å². The molecule has 102 valence electrons. The quantitative estimate of drug-likeness (QED) is 0.846. The highest BCUT2D eigenvalue weighted by atomic mass is 16.1. The number of nitrogens with zero attached hydrogens (tertiary/aromatic N) is 2. The van der Waals surface area contributed by atoms with Gasteiger partial charge in [0.05, 0.1) is 5.56 Å². The molecule has 1 amide bonds. The first-order valence-electron chi connectivity index (χ1n) is 7.01. The highest BCUT2D eigenvalue weighted by Gasteiger charge is 2.15. The van der Waals surface area contributed by atoms with Gasteiger partial charge in [-0.1, -0.05) is 18.6 Å². The number of carbonyl (C=O) groups excluding carboxylic acids is 1. The number of nitrogens with one attached hydrogen (secondary N) is 1. The van der Waals surface area contributed by atoms with E-state index in [-0.39, 0.29) is 11.9 Å². The van der Waals surface area contributed by atoms with E-state index in [9.17, 15) is 4.79 Å². The zero-order valence-corrected chi connectivity index (χ0v) is 11.6. The van der Waals surface area contributed by atoms with Crippen LogP contribution in [0.3, 0.4) is 0 Å². The van der Waals surface area contributed by atoms with Crippen molar-refractivity contribution in [3.63, 3.8) is 0 Å². The second kappa shape index (κ2) is 6.45. The van der Waals surface area contributed by atoms with Crippen LogP contribution in [0.15, 0.2) is 24.0 Å². The Bertz CT molecular complexity index is 465. The van der Waals surface area contributed by atoms with Crippen LogP contribution in [0.2, 0.25) is 0 Å². The molecule has 0 saturated carbocycles. The summed E-state index contributed by atoms with van der Waals surface area (Å²) in [4.78, 5) is 20.4. The third-order valence-electron chi connectivity index (χ3n) is 3.51. The largest absolute Gasteiger partial charge is 0.346 e. The van der Waals surface area contributed by atoms with Crippen LogP contribution in [0.1, 0.15) is 55.7 Å². The number of rotatable bonds is 4. The fourth-order valence-corrected chi connectivity index (χ4v) is 2.28. The van der Waals surface area contributed by atoms with E-state index in [2.05, 4.69) is 21.4 Å². The van der Waals surface area contributed by atoms with Gasteiger partial charge in [-0.15, -0.1) is 0 Å². The van der Waals surface area contributed by atoms with E-state index in [0.717, 1.165) is 25.1 Å². The number of carbonyl (C=O) groups is 1. The Morgan fingerprint density at radius 3 is 2.68 bits per heavy atom. The summed E-state index contributed by atoms with van der Waals surface area (Å²) in [5.74, 6) is 0.668. The van der Waals surface area contributed by atoms with Gasteiger partial charge >= 0.3 is 0 Å². The minimum absolute atomic E-state index is 0.0957. The van der Waals surface area contributed by atoms with E-state index in [1.807, 2.05) is 13.8 Å². The molecule has 1 N–H and O–H groups in total. The molecule has 0 bridgehead atoms. The topological polar surface area (TPSA) is 54.9 Å². The van der Waals surface area contributed by atoms with Crippen LogP contribution in [0.4, 0.5) is 0 Å². The van der Waals surface area contributed by atoms with Crippen molar-refractivity contribution in [2.24, 2.45) is 0 Å². The summed E-state index contributed by atoms with van der Waals surface area (Å²) in [6.07, 6.45) is 10.9. The molecule has 0 aliphatic heterocycles. The van der Waals surface area contributed by atoms with Crippen LogP contribution < -0.4 is 5.32 Å². The maximum atomic E-state index is 12.1. The summed E-state index contributed by atoms with van der Waals surface area (Å²) in [6, 6.07) is 0.0960. The Kier molecular flexibility index (Phi) is 4.66. The predicted molar refractivity (Wildman–Crippen MR) is 74.9 cm³/mol. The summed E-state index contributed by atoms with van der Waals surface area (Å²) >= 11 is 0. The molecular weight excluding hydrogens is 238 g/mol. The Labute approximate surface area is 114 Å². The first-order valence-corrected chi connectivity index (χ1v) is 7.01. The summed E-state index contributed by atoms with van der Waals surface area (Å²) in [7, 11) is 0. The molecule has 1 aromatic heterocycles. The summed E-state index contributed by atoms with van der Waals surface area (Å²) in [5.41, 5.74) is 1.87. The highest BCUT2D eigenvalue weighted by Crippen LogP contribution is 2.20. The first kappa shape index (κ1) is 13.7. The van der Waals surface area contributed by atoms with Crippen molar-refractivity contribution in [2.45, 2.75) is 52.0 Å². The second-order valence-corrected chi connectivity index (χ2v) is 4.96. The summed E-state index contributed by atoms with van der Waals surface area (Å²) < 4.78 is 0. The van der Waals surface area contributed by atoms with Crippen molar-refractivity contribution in [3.8, 4) is 0 Å².